The Balaban J connectivity index is 2.01. The van der Waals surface area contributed by atoms with E-state index in [1.807, 2.05) is 18.2 Å². The zero-order valence-electron chi connectivity index (χ0n) is 9.67. The van der Waals surface area contributed by atoms with Gasteiger partial charge in [-0.2, -0.15) is 4.40 Å². The summed E-state index contributed by atoms with van der Waals surface area (Å²) in [5, 5.41) is 0. The molecule has 1 aliphatic heterocycles. The van der Waals surface area contributed by atoms with Gasteiger partial charge in [0.15, 0.2) is 0 Å². The van der Waals surface area contributed by atoms with E-state index in [9.17, 15) is 9.11 Å². The predicted octanol–water partition coefficient (Wildman–Crippen LogP) is 4.09. The molecule has 3 nitrogen and oxygen atoms in total. The summed E-state index contributed by atoms with van der Waals surface area (Å²) in [5.41, 5.74) is 1.89. The van der Waals surface area contributed by atoms with Crippen molar-refractivity contribution in [3.63, 3.8) is 0 Å². The van der Waals surface area contributed by atoms with Crippen LogP contribution in [0.5, 0.6) is 0 Å². The first-order valence-corrected chi connectivity index (χ1v) is 7.66. The largest absolute Gasteiger partial charge is 0.276 e. The Morgan fingerprint density at radius 2 is 1.76 bits per heavy atom. The van der Waals surface area contributed by atoms with Gasteiger partial charge in [-0.3, -0.25) is 9.11 Å². The molecule has 2 aliphatic rings. The van der Waals surface area contributed by atoms with Crippen LogP contribution in [-0.2, 0) is 0 Å². The molecule has 0 amide bonds. The summed E-state index contributed by atoms with van der Waals surface area (Å²) < 4.78 is 24.2. The number of hydrogen-bond acceptors (Lipinski definition) is 3. The first kappa shape index (κ1) is 11.3. The predicted molar refractivity (Wildman–Crippen MR) is 70.7 cm³/mol. The molecule has 0 radical (unpaired) electrons. The minimum absolute atomic E-state index is 0.415. The van der Waals surface area contributed by atoms with Gasteiger partial charge in [0.05, 0.1) is 10.6 Å². The summed E-state index contributed by atoms with van der Waals surface area (Å²) in [6.45, 7) is 0. The highest BCUT2D eigenvalue weighted by Gasteiger charge is 2.33. The second-order valence-corrected chi connectivity index (χ2v) is 6.49. The molecule has 1 aromatic rings. The fraction of sp³-hybridized carbons (Fsp3) is 0.462. The van der Waals surface area contributed by atoms with E-state index >= 15 is 0 Å². The molecule has 4 heteroatoms. The van der Waals surface area contributed by atoms with Gasteiger partial charge in [-0.1, -0.05) is 48.2 Å². The zero-order chi connectivity index (χ0) is 11.9. The normalized spacial score (nSPS) is 25.2. The highest BCUT2D eigenvalue weighted by Crippen LogP contribution is 2.57. The second kappa shape index (κ2) is 4.12. The molecule has 0 aromatic heterocycles. The molecule has 0 saturated heterocycles. The number of hydrogen-bond donors (Lipinski definition) is 2. The van der Waals surface area contributed by atoms with Crippen LogP contribution in [0.15, 0.2) is 33.6 Å². The van der Waals surface area contributed by atoms with Crippen molar-refractivity contribution in [1.82, 2.24) is 0 Å². The smallest absolute Gasteiger partial charge is 0.0914 e. The molecular formula is C13H17NO2S. The Morgan fingerprint density at radius 3 is 2.53 bits per heavy atom. The van der Waals surface area contributed by atoms with Crippen LogP contribution in [0.25, 0.3) is 0 Å². The topological polar surface area (TPSA) is 52.8 Å². The molecule has 1 fully saturated rings. The standard InChI is InChI=1S/C13H17NO2S/c15-17(16)12-9-5-4-8-11(12)13(14-17)10-6-2-1-3-7-10/h4-5,8-10,15-16H,1-3,6-7H2. The Morgan fingerprint density at radius 1 is 1.06 bits per heavy atom. The number of benzene rings is 1. The minimum Gasteiger partial charge on any atom is -0.276 e. The molecule has 1 aliphatic carbocycles. The van der Waals surface area contributed by atoms with E-state index in [1.165, 1.54) is 19.3 Å². The molecule has 0 spiro atoms. The lowest BCUT2D eigenvalue weighted by atomic mass is 9.83. The summed E-state index contributed by atoms with van der Waals surface area (Å²) in [4.78, 5) is 0.612. The van der Waals surface area contributed by atoms with Crippen LogP contribution in [0.1, 0.15) is 37.7 Å². The van der Waals surface area contributed by atoms with Gasteiger partial charge >= 0.3 is 0 Å². The van der Waals surface area contributed by atoms with Crippen molar-refractivity contribution >= 4 is 16.5 Å². The third-order valence-electron chi connectivity index (χ3n) is 3.68. The Kier molecular flexibility index (Phi) is 2.73. The van der Waals surface area contributed by atoms with E-state index in [1.54, 1.807) is 6.07 Å². The van der Waals surface area contributed by atoms with Crippen LogP contribution in [0, 0.1) is 5.92 Å². The van der Waals surface area contributed by atoms with Crippen LogP contribution in [0.2, 0.25) is 0 Å². The molecule has 2 N–H and O–H groups in total. The van der Waals surface area contributed by atoms with Crippen LogP contribution in [0.3, 0.4) is 0 Å². The third-order valence-corrected chi connectivity index (χ3v) is 5.07. The van der Waals surface area contributed by atoms with Gasteiger partial charge in [-0.25, -0.2) is 0 Å². The monoisotopic (exact) mass is 251 g/mol. The van der Waals surface area contributed by atoms with Crippen molar-refractivity contribution in [2.75, 3.05) is 0 Å². The number of rotatable bonds is 1. The molecule has 1 aromatic carbocycles. The second-order valence-electron chi connectivity index (χ2n) is 4.83. The zero-order valence-corrected chi connectivity index (χ0v) is 10.5. The fourth-order valence-corrected chi connectivity index (χ4v) is 4.17. The van der Waals surface area contributed by atoms with E-state index in [0.717, 1.165) is 24.1 Å². The maximum atomic E-state index is 10.00. The van der Waals surface area contributed by atoms with E-state index in [-0.39, 0.29) is 0 Å². The Bertz CT molecular complexity index is 464. The first-order valence-electron chi connectivity index (χ1n) is 6.16. The van der Waals surface area contributed by atoms with E-state index in [2.05, 4.69) is 4.40 Å². The van der Waals surface area contributed by atoms with Gasteiger partial charge in [0, 0.05) is 11.5 Å². The molecular weight excluding hydrogens is 234 g/mol. The highest BCUT2D eigenvalue weighted by molar-refractivity contribution is 8.23. The van der Waals surface area contributed by atoms with Crippen molar-refractivity contribution in [1.29, 1.82) is 0 Å². The summed E-state index contributed by atoms with van der Waals surface area (Å²) in [6, 6.07) is 7.53. The maximum absolute atomic E-state index is 10.00. The average molecular weight is 251 g/mol. The van der Waals surface area contributed by atoms with Crippen LogP contribution in [-0.4, -0.2) is 14.8 Å². The lowest BCUT2D eigenvalue weighted by molar-refractivity contribution is 0.440. The molecule has 3 rings (SSSR count). The van der Waals surface area contributed by atoms with Gasteiger partial charge in [-0.15, -0.1) is 0 Å². The lowest BCUT2D eigenvalue weighted by Crippen LogP contribution is -2.17. The minimum atomic E-state index is -2.92. The van der Waals surface area contributed by atoms with E-state index < -0.39 is 10.8 Å². The van der Waals surface area contributed by atoms with Crippen molar-refractivity contribution in [2.45, 2.75) is 37.0 Å². The van der Waals surface area contributed by atoms with Crippen LogP contribution in [0.4, 0.5) is 0 Å². The van der Waals surface area contributed by atoms with Gasteiger partial charge in [0.25, 0.3) is 0 Å². The summed E-state index contributed by atoms with van der Waals surface area (Å²) in [7, 11) is -2.92. The molecule has 1 saturated carbocycles. The number of fused-ring (bicyclic) bond motifs is 1. The molecule has 0 unspecified atom stereocenters. The van der Waals surface area contributed by atoms with E-state index in [0.29, 0.717) is 10.8 Å². The van der Waals surface area contributed by atoms with Crippen molar-refractivity contribution in [3.8, 4) is 0 Å². The van der Waals surface area contributed by atoms with Crippen molar-refractivity contribution in [2.24, 2.45) is 10.3 Å². The highest BCUT2D eigenvalue weighted by atomic mass is 32.3. The molecule has 0 bridgehead atoms. The summed E-state index contributed by atoms with van der Waals surface area (Å²) in [6.07, 6.45) is 6.00. The Labute approximate surface area is 103 Å². The summed E-state index contributed by atoms with van der Waals surface area (Å²) >= 11 is 0. The molecule has 0 atom stereocenters. The lowest BCUT2D eigenvalue weighted by Gasteiger charge is -2.23. The third kappa shape index (κ3) is 1.90. The SMILES string of the molecule is OS1(O)N=C(C2CCCCC2)c2ccccc21. The van der Waals surface area contributed by atoms with Gasteiger partial charge in [0.2, 0.25) is 0 Å². The van der Waals surface area contributed by atoms with Gasteiger partial charge in [0.1, 0.15) is 0 Å². The molecule has 92 valence electrons. The summed E-state index contributed by atoms with van der Waals surface area (Å²) in [5.74, 6) is 0.415. The van der Waals surface area contributed by atoms with Crippen molar-refractivity contribution in [3.05, 3.63) is 29.8 Å². The van der Waals surface area contributed by atoms with E-state index in [4.69, 9.17) is 0 Å². The van der Waals surface area contributed by atoms with Gasteiger partial charge in [-0.05, 0) is 18.9 Å². The van der Waals surface area contributed by atoms with Gasteiger partial charge < -0.3 is 0 Å². The maximum Gasteiger partial charge on any atom is 0.0914 e. The fourth-order valence-electron chi connectivity index (χ4n) is 2.82. The molecule has 17 heavy (non-hydrogen) atoms. The molecule has 1 heterocycles. The average Bonchev–Trinajstić information content (AvgIpc) is 2.64. The Hall–Kier alpha value is -0.840. The van der Waals surface area contributed by atoms with Crippen LogP contribution < -0.4 is 0 Å². The van der Waals surface area contributed by atoms with Crippen molar-refractivity contribution < 1.29 is 9.11 Å². The quantitative estimate of drug-likeness (QED) is 0.789. The van der Waals surface area contributed by atoms with Crippen LogP contribution >= 0.6 is 10.8 Å². The first-order chi connectivity index (χ1) is 8.18. The number of nitrogens with zero attached hydrogens (tertiary/aromatic N) is 1.